The van der Waals surface area contributed by atoms with Crippen LogP contribution >= 0.6 is 11.3 Å². The molecule has 0 spiro atoms. The molecule has 1 aliphatic heterocycles. The molecule has 90 valence electrons. The third-order valence-electron chi connectivity index (χ3n) is 3.26. The molecule has 0 bridgehead atoms. The molecule has 3 aromatic rings. The lowest BCUT2D eigenvalue weighted by atomic mass is 10.2. The summed E-state index contributed by atoms with van der Waals surface area (Å²) in [6.45, 7) is 1.87. The van der Waals surface area contributed by atoms with Crippen molar-refractivity contribution in [2.75, 3.05) is 6.54 Å². The first-order valence-corrected chi connectivity index (χ1v) is 6.92. The molecule has 4 rings (SSSR count). The maximum Gasteiger partial charge on any atom is 0.154 e. The second-order valence-electron chi connectivity index (χ2n) is 4.40. The zero-order valence-corrected chi connectivity index (χ0v) is 10.6. The highest BCUT2D eigenvalue weighted by Crippen LogP contribution is 2.24. The molecule has 0 unspecified atom stereocenters. The normalized spacial score (nSPS) is 14.9. The lowest BCUT2D eigenvalue weighted by molar-refractivity contribution is 0.611. The van der Waals surface area contributed by atoms with Crippen molar-refractivity contribution in [3.05, 3.63) is 41.0 Å². The Morgan fingerprint density at radius 3 is 3.17 bits per heavy atom. The van der Waals surface area contributed by atoms with Crippen molar-refractivity contribution >= 4 is 17.0 Å². The summed E-state index contributed by atoms with van der Waals surface area (Å²) in [5, 5.41) is 10.2. The molecule has 0 aromatic carbocycles. The number of hydrogen-bond acceptors (Lipinski definition) is 4. The van der Waals surface area contributed by atoms with Crippen LogP contribution < -0.4 is 5.32 Å². The van der Waals surface area contributed by atoms with Gasteiger partial charge in [-0.2, -0.15) is 5.10 Å². The molecular weight excluding hydrogens is 244 g/mol. The third-order valence-corrected chi connectivity index (χ3v) is 4.15. The molecule has 1 N–H and O–H groups in total. The van der Waals surface area contributed by atoms with Crippen molar-refractivity contribution < 1.29 is 0 Å². The van der Waals surface area contributed by atoms with Crippen LogP contribution in [0.4, 0.5) is 0 Å². The smallest absolute Gasteiger partial charge is 0.154 e. The Morgan fingerprint density at radius 2 is 2.28 bits per heavy atom. The van der Waals surface area contributed by atoms with Crippen LogP contribution in [-0.2, 0) is 13.0 Å². The van der Waals surface area contributed by atoms with Crippen molar-refractivity contribution in [1.29, 1.82) is 0 Å². The SMILES string of the molecule is c1csc(-c2ccc3nc4c(n3n2)CNCC4)c1. The average molecular weight is 256 g/mol. The zero-order valence-electron chi connectivity index (χ0n) is 9.76. The Bertz CT molecular complexity index is 699. The minimum Gasteiger partial charge on any atom is -0.311 e. The van der Waals surface area contributed by atoms with Crippen LogP contribution in [0.15, 0.2) is 29.6 Å². The first-order chi connectivity index (χ1) is 8.92. The monoisotopic (exact) mass is 256 g/mol. The molecule has 5 heteroatoms. The van der Waals surface area contributed by atoms with E-state index < -0.39 is 0 Å². The van der Waals surface area contributed by atoms with Gasteiger partial charge in [0.1, 0.15) is 5.69 Å². The molecule has 0 saturated carbocycles. The largest absolute Gasteiger partial charge is 0.311 e. The van der Waals surface area contributed by atoms with E-state index in [0.717, 1.165) is 30.9 Å². The summed E-state index contributed by atoms with van der Waals surface area (Å²) < 4.78 is 1.98. The molecule has 0 aliphatic carbocycles. The predicted octanol–water partition coefficient (Wildman–Crippen LogP) is 2.10. The molecule has 1 aliphatic rings. The van der Waals surface area contributed by atoms with E-state index in [0.29, 0.717) is 0 Å². The maximum atomic E-state index is 4.72. The van der Waals surface area contributed by atoms with Gasteiger partial charge in [0.05, 0.1) is 16.3 Å². The Morgan fingerprint density at radius 1 is 1.28 bits per heavy atom. The lowest BCUT2D eigenvalue weighted by Crippen LogP contribution is -2.24. The van der Waals surface area contributed by atoms with Crippen LogP contribution in [0.3, 0.4) is 0 Å². The minimum atomic E-state index is 0.859. The van der Waals surface area contributed by atoms with Crippen molar-refractivity contribution in [2.24, 2.45) is 0 Å². The summed E-state index contributed by atoms with van der Waals surface area (Å²) in [5.74, 6) is 0. The molecule has 0 saturated heterocycles. The Hall–Kier alpha value is -1.72. The number of nitrogens with one attached hydrogen (secondary N) is 1. The van der Waals surface area contributed by atoms with Crippen molar-refractivity contribution in [3.63, 3.8) is 0 Å². The summed E-state index contributed by atoms with van der Waals surface area (Å²) in [6, 6.07) is 8.25. The first-order valence-electron chi connectivity index (χ1n) is 6.04. The van der Waals surface area contributed by atoms with Crippen LogP contribution in [0.25, 0.3) is 16.2 Å². The lowest BCUT2D eigenvalue weighted by Gasteiger charge is -2.11. The molecule has 0 atom stereocenters. The van der Waals surface area contributed by atoms with E-state index in [1.165, 1.54) is 16.3 Å². The highest BCUT2D eigenvalue weighted by atomic mass is 32.1. The van der Waals surface area contributed by atoms with Crippen LogP contribution in [-0.4, -0.2) is 21.1 Å². The van der Waals surface area contributed by atoms with Crippen LogP contribution in [0.2, 0.25) is 0 Å². The fourth-order valence-corrected chi connectivity index (χ4v) is 3.06. The second-order valence-corrected chi connectivity index (χ2v) is 5.35. The van der Waals surface area contributed by atoms with Gasteiger partial charge >= 0.3 is 0 Å². The van der Waals surface area contributed by atoms with Gasteiger partial charge in [0, 0.05) is 19.5 Å². The quantitative estimate of drug-likeness (QED) is 0.725. The first kappa shape index (κ1) is 10.2. The van der Waals surface area contributed by atoms with Gasteiger partial charge in [-0.25, -0.2) is 9.50 Å². The van der Waals surface area contributed by atoms with Crippen LogP contribution in [0.1, 0.15) is 11.4 Å². The standard InChI is InChI=1S/C13H12N4S/c1-2-12(18-7-1)10-3-4-13-15-9-5-6-14-8-11(9)17(13)16-10/h1-4,7,14H,5-6,8H2. The summed E-state index contributed by atoms with van der Waals surface area (Å²) >= 11 is 1.71. The average Bonchev–Trinajstić information content (AvgIpc) is 3.05. The molecule has 0 fully saturated rings. The van der Waals surface area contributed by atoms with E-state index >= 15 is 0 Å². The van der Waals surface area contributed by atoms with E-state index in [1.54, 1.807) is 11.3 Å². The van der Waals surface area contributed by atoms with Gasteiger partial charge < -0.3 is 5.32 Å². The number of aromatic nitrogens is 3. The molecule has 4 nitrogen and oxygen atoms in total. The fraction of sp³-hybridized carbons (Fsp3) is 0.231. The molecule has 3 aromatic heterocycles. The summed E-state index contributed by atoms with van der Waals surface area (Å²) in [4.78, 5) is 5.84. The summed E-state index contributed by atoms with van der Waals surface area (Å²) in [7, 11) is 0. The Labute approximate surface area is 108 Å². The minimum absolute atomic E-state index is 0.859. The predicted molar refractivity (Wildman–Crippen MR) is 71.7 cm³/mol. The number of fused-ring (bicyclic) bond motifs is 3. The molecule has 18 heavy (non-hydrogen) atoms. The van der Waals surface area contributed by atoms with E-state index in [-0.39, 0.29) is 0 Å². The van der Waals surface area contributed by atoms with Gasteiger partial charge in [0.2, 0.25) is 0 Å². The van der Waals surface area contributed by atoms with E-state index in [9.17, 15) is 0 Å². The maximum absolute atomic E-state index is 4.72. The van der Waals surface area contributed by atoms with E-state index in [4.69, 9.17) is 5.10 Å². The van der Waals surface area contributed by atoms with Gasteiger partial charge in [0.15, 0.2) is 5.65 Å². The highest BCUT2D eigenvalue weighted by molar-refractivity contribution is 7.13. The van der Waals surface area contributed by atoms with Crippen molar-refractivity contribution in [1.82, 2.24) is 19.9 Å². The Balaban J connectivity index is 1.94. The number of thiophene rings is 1. The fourth-order valence-electron chi connectivity index (χ4n) is 2.37. The number of imidazole rings is 1. The van der Waals surface area contributed by atoms with Crippen LogP contribution in [0, 0.1) is 0 Å². The van der Waals surface area contributed by atoms with Gasteiger partial charge in [0.25, 0.3) is 0 Å². The van der Waals surface area contributed by atoms with Gasteiger partial charge in [-0.05, 0) is 23.6 Å². The second kappa shape index (κ2) is 3.90. The summed E-state index contributed by atoms with van der Waals surface area (Å²) in [6.07, 6.45) is 0.993. The van der Waals surface area contributed by atoms with Crippen LogP contribution in [0.5, 0.6) is 0 Å². The topological polar surface area (TPSA) is 42.2 Å². The van der Waals surface area contributed by atoms with Crippen molar-refractivity contribution in [2.45, 2.75) is 13.0 Å². The Kier molecular flexibility index (Phi) is 2.21. The molecule has 4 heterocycles. The van der Waals surface area contributed by atoms with Gasteiger partial charge in [-0.15, -0.1) is 11.3 Å². The van der Waals surface area contributed by atoms with E-state index in [1.807, 2.05) is 10.6 Å². The molecule has 0 amide bonds. The number of hydrogen-bond donors (Lipinski definition) is 1. The molecule has 0 radical (unpaired) electrons. The summed E-state index contributed by atoms with van der Waals surface area (Å²) in [5.41, 5.74) is 4.35. The number of nitrogens with zero attached hydrogens (tertiary/aromatic N) is 3. The molecular formula is C13H12N4S. The zero-order chi connectivity index (χ0) is 11.9. The van der Waals surface area contributed by atoms with Crippen molar-refractivity contribution in [3.8, 4) is 10.6 Å². The van der Waals surface area contributed by atoms with Gasteiger partial charge in [-0.1, -0.05) is 6.07 Å². The number of rotatable bonds is 1. The van der Waals surface area contributed by atoms with E-state index in [2.05, 4.69) is 33.9 Å². The third kappa shape index (κ3) is 1.48. The van der Waals surface area contributed by atoms with Gasteiger partial charge in [-0.3, -0.25) is 0 Å². The highest BCUT2D eigenvalue weighted by Gasteiger charge is 2.16.